The van der Waals surface area contributed by atoms with Crippen LogP contribution >= 0.6 is 0 Å². The molecule has 4 N–H and O–H groups in total. The van der Waals surface area contributed by atoms with Gasteiger partial charge in [0.15, 0.2) is 0 Å². The molecule has 1 heterocycles. The lowest BCUT2D eigenvalue weighted by molar-refractivity contribution is 1.34. The van der Waals surface area contributed by atoms with E-state index in [9.17, 15) is 0 Å². The van der Waals surface area contributed by atoms with Crippen molar-refractivity contribution in [1.29, 1.82) is 0 Å². The Kier molecular flexibility index (Phi) is 3.09. The van der Waals surface area contributed by atoms with Gasteiger partial charge >= 0.3 is 0 Å². The van der Waals surface area contributed by atoms with Gasteiger partial charge in [0.05, 0.1) is 5.69 Å². The first-order chi connectivity index (χ1) is 9.77. The number of nitrogens with two attached hydrogens (primary N) is 2. The maximum absolute atomic E-state index is 6.33. The maximum atomic E-state index is 6.33. The fourth-order valence-electron chi connectivity index (χ4n) is 2.30. The first-order valence-corrected chi connectivity index (χ1v) is 6.42. The summed E-state index contributed by atoms with van der Waals surface area (Å²) in [7, 11) is 0. The van der Waals surface area contributed by atoms with Crippen LogP contribution in [-0.4, -0.2) is 4.98 Å². The molecule has 0 aliphatic heterocycles. The minimum atomic E-state index is 0.452. The predicted molar refractivity (Wildman–Crippen MR) is 83.9 cm³/mol. The van der Waals surface area contributed by atoms with Gasteiger partial charge in [-0.2, -0.15) is 0 Å². The number of hydrogen-bond donors (Lipinski definition) is 2. The van der Waals surface area contributed by atoms with Crippen molar-refractivity contribution in [3.05, 3.63) is 66.9 Å². The highest BCUT2D eigenvalue weighted by atomic mass is 14.8. The second-order valence-corrected chi connectivity index (χ2v) is 4.58. The largest absolute Gasteiger partial charge is 0.398 e. The number of anilines is 2. The summed E-state index contributed by atoms with van der Waals surface area (Å²) < 4.78 is 0. The number of hydrogen-bond acceptors (Lipinski definition) is 3. The van der Waals surface area contributed by atoms with Gasteiger partial charge in [0.2, 0.25) is 0 Å². The number of benzene rings is 2. The van der Waals surface area contributed by atoms with E-state index in [1.165, 1.54) is 0 Å². The first-order valence-electron chi connectivity index (χ1n) is 6.42. The number of aromatic nitrogens is 1. The minimum absolute atomic E-state index is 0.452. The average Bonchev–Trinajstić information content (AvgIpc) is 2.49. The highest BCUT2D eigenvalue weighted by molar-refractivity contribution is 5.93. The summed E-state index contributed by atoms with van der Waals surface area (Å²) in [5.41, 5.74) is 16.7. The molecule has 0 atom stereocenters. The molecule has 0 aliphatic carbocycles. The smallest absolute Gasteiger partial charge is 0.133 e. The normalized spacial score (nSPS) is 10.4. The molecule has 2 aromatic carbocycles. The van der Waals surface area contributed by atoms with Gasteiger partial charge in [0.25, 0.3) is 0 Å². The molecular weight excluding hydrogens is 246 g/mol. The van der Waals surface area contributed by atoms with Gasteiger partial charge in [0, 0.05) is 17.3 Å². The standard InChI is InChI=1S/C17H15N3/c18-16-14(12-7-3-1-4-8-12)11-20-17(19)15(16)13-9-5-2-6-10-13/h1-11H,(H4,18,19,20). The molecule has 98 valence electrons. The predicted octanol–water partition coefficient (Wildman–Crippen LogP) is 3.58. The maximum Gasteiger partial charge on any atom is 0.133 e. The molecule has 0 fully saturated rings. The highest BCUT2D eigenvalue weighted by Crippen LogP contribution is 2.37. The first kappa shape index (κ1) is 12.2. The van der Waals surface area contributed by atoms with Gasteiger partial charge in [-0.3, -0.25) is 0 Å². The Hall–Kier alpha value is -2.81. The molecule has 3 aromatic rings. The summed E-state index contributed by atoms with van der Waals surface area (Å²) in [4.78, 5) is 4.29. The molecule has 0 saturated heterocycles. The van der Waals surface area contributed by atoms with Gasteiger partial charge in [-0.25, -0.2) is 4.98 Å². The van der Waals surface area contributed by atoms with E-state index in [0.717, 1.165) is 22.3 Å². The van der Waals surface area contributed by atoms with Gasteiger partial charge in [-0.15, -0.1) is 0 Å². The number of pyridine rings is 1. The van der Waals surface area contributed by atoms with Crippen LogP contribution in [0.2, 0.25) is 0 Å². The third kappa shape index (κ3) is 2.10. The molecule has 0 spiro atoms. The van der Waals surface area contributed by atoms with Gasteiger partial charge in [-0.1, -0.05) is 60.7 Å². The van der Waals surface area contributed by atoms with Crippen molar-refractivity contribution in [1.82, 2.24) is 4.98 Å². The van der Waals surface area contributed by atoms with Crippen molar-refractivity contribution in [3.63, 3.8) is 0 Å². The third-order valence-corrected chi connectivity index (χ3v) is 3.30. The van der Waals surface area contributed by atoms with E-state index in [0.29, 0.717) is 11.5 Å². The van der Waals surface area contributed by atoms with E-state index in [-0.39, 0.29) is 0 Å². The Morgan fingerprint density at radius 2 is 1.25 bits per heavy atom. The van der Waals surface area contributed by atoms with Crippen molar-refractivity contribution in [2.45, 2.75) is 0 Å². The number of rotatable bonds is 2. The van der Waals surface area contributed by atoms with Crippen LogP contribution in [0.4, 0.5) is 11.5 Å². The van der Waals surface area contributed by atoms with E-state index in [1.807, 2.05) is 60.7 Å². The van der Waals surface area contributed by atoms with Crippen LogP contribution in [0.5, 0.6) is 0 Å². The van der Waals surface area contributed by atoms with E-state index >= 15 is 0 Å². The van der Waals surface area contributed by atoms with Crippen LogP contribution < -0.4 is 11.5 Å². The molecule has 0 saturated carbocycles. The second-order valence-electron chi connectivity index (χ2n) is 4.58. The number of nitrogens with zero attached hydrogens (tertiary/aromatic N) is 1. The highest BCUT2D eigenvalue weighted by Gasteiger charge is 2.13. The molecule has 0 amide bonds. The van der Waals surface area contributed by atoms with Crippen LogP contribution in [-0.2, 0) is 0 Å². The monoisotopic (exact) mass is 261 g/mol. The SMILES string of the molecule is Nc1ncc(-c2ccccc2)c(N)c1-c1ccccc1. The fraction of sp³-hybridized carbons (Fsp3) is 0. The number of nitrogen functional groups attached to an aromatic ring is 2. The Bertz CT molecular complexity index is 722. The zero-order chi connectivity index (χ0) is 13.9. The van der Waals surface area contributed by atoms with Crippen molar-refractivity contribution in [3.8, 4) is 22.3 Å². The van der Waals surface area contributed by atoms with Crippen LogP contribution in [0, 0.1) is 0 Å². The van der Waals surface area contributed by atoms with Gasteiger partial charge in [-0.05, 0) is 11.1 Å². The lowest BCUT2D eigenvalue weighted by atomic mass is 9.98. The Balaban J connectivity index is 2.22. The summed E-state index contributed by atoms with van der Waals surface area (Å²) in [6, 6.07) is 19.8. The van der Waals surface area contributed by atoms with Gasteiger partial charge in [0.1, 0.15) is 5.82 Å². The van der Waals surface area contributed by atoms with Crippen molar-refractivity contribution in [2.24, 2.45) is 0 Å². The summed E-state index contributed by atoms with van der Waals surface area (Å²) in [6.45, 7) is 0. The average molecular weight is 261 g/mol. The topological polar surface area (TPSA) is 64.9 Å². The zero-order valence-electron chi connectivity index (χ0n) is 11.0. The third-order valence-electron chi connectivity index (χ3n) is 3.30. The molecule has 3 nitrogen and oxygen atoms in total. The van der Waals surface area contributed by atoms with Gasteiger partial charge < -0.3 is 11.5 Å². The van der Waals surface area contributed by atoms with E-state index in [4.69, 9.17) is 11.5 Å². The molecule has 3 rings (SSSR count). The molecule has 0 radical (unpaired) electrons. The van der Waals surface area contributed by atoms with Crippen LogP contribution in [0.1, 0.15) is 0 Å². The van der Waals surface area contributed by atoms with E-state index in [2.05, 4.69) is 4.98 Å². The van der Waals surface area contributed by atoms with Crippen molar-refractivity contribution < 1.29 is 0 Å². The fourth-order valence-corrected chi connectivity index (χ4v) is 2.30. The lowest BCUT2D eigenvalue weighted by Crippen LogP contribution is -2.01. The summed E-state index contributed by atoms with van der Waals surface area (Å²) >= 11 is 0. The molecular formula is C17H15N3. The van der Waals surface area contributed by atoms with Crippen LogP contribution in [0.25, 0.3) is 22.3 Å². The van der Waals surface area contributed by atoms with Crippen molar-refractivity contribution >= 4 is 11.5 Å². The van der Waals surface area contributed by atoms with Crippen LogP contribution in [0.15, 0.2) is 66.9 Å². The Morgan fingerprint density at radius 1 is 0.700 bits per heavy atom. The quantitative estimate of drug-likeness (QED) is 0.741. The molecule has 0 aliphatic rings. The second kappa shape index (κ2) is 5.05. The summed E-state index contributed by atoms with van der Waals surface area (Å²) in [6.07, 6.45) is 1.73. The Labute approximate surface area is 117 Å². The zero-order valence-corrected chi connectivity index (χ0v) is 11.0. The minimum Gasteiger partial charge on any atom is -0.398 e. The summed E-state index contributed by atoms with van der Waals surface area (Å²) in [5, 5.41) is 0. The molecule has 1 aromatic heterocycles. The molecule has 3 heteroatoms. The summed E-state index contributed by atoms with van der Waals surface area (Å²) in [5.74, 6) is 0.452. The molecule has 20 heavy (non-hydrogen) atoms. The van der Waals surface area contributed by atoms with Crippen LogP contribution in [0.3, 0.4) is 0 Å². The van der Waals surface area contributed by atoms with E-state index < -0.39 is 0 Å². The van der Waals surface area contributed by atoms with E-state index in [1.54, 1.807) is 6.20 Å². The Morgan fingerprint density at radius 3 is 1.85 bits per heavy atom. The van der Waals surface area contributed by atoms with Crippen molar-refractivity contribution in [2.75, 3.05) is 11.5 Å². The molecule has 0 bridgehead atoms. The lowest BCUT2D eigenvalue weighted by Gasteiger charge is -2.13. The molecule has 0 unspecified atom stereocenters.